The minimum atomic E-state index is -0.563. The Morgan fingerprint density at radius 2 is 2.08 bits per heavy atom. The lowest BCUT2D eigenvalue weighted by Crippen LogP contribution is -2.57. The molecule has 1 unspecified atom stereocenters. The van der Waals surface area contributed by atoms with E-state index in [1.807, 2.05) is 13.8 Å². The Labute approximate surface area is 82.3 Å². The molecule has 0 aliphatic carbocycles. The van der Waals surface area contributed by atoms with Crippen molar-refractivity contribution < 1.29 is 9.59 Å². The van der Waals surface area contributed by atoms with Crippen LogP contribution in [-0.2, 0) is 9.59 Å². The van der Waals surface area contributed by atoms with Gasteiger partial charge in [0.05, 0.1) is 0 Å². The van der Waals surface area contributed by atoms with E-state index in [4.69, 9.17) is 12.2 Å². The summed E-state index contributed by atoms with van der Waals surface area (Å²) in [6.07, 6.45) is 0.518. The van der Waals surface area contributed by atoms with Crippen LogP contribution in [0.2, 0.25) is 0 Å². The van der Waals surface area contributed by atoms with Crippen molar-refractivity contribution in [2.75, 3.05) is 6.54 Å². The highest BCUT2D eigenvalue weighted by atomic mass is 32.1. The summed E-state index contributed by atoms with van der Waals surface area (Å²) in [5.74, 6) is -1.02. The third-order valence-electron chi connectivity index (χ3n) is 2.08. The number of amides is 2. The van der Waals surface area contributed by atoms with E-state index in [1.165, 1.54) is 4.90 Å². The molecule has 1 rings (SSSR count). The van der Waals surface area contributed by atoms with Gasteiger partial charge in [-0.15, -0.1) is 0 Å². The molecule has 72 valence electrons. The summed E-state index contributed by atoms with van der Waals surface area (Å²) in [5.41, 5.74) is 0. The number of nitrogens with zero attached hydrogens (tertiary/aromatic N) is 1. The van der Waals surface area contributed by atoms with Gasteiger partial charge in [-0.05, 0) is 25.6 Å². The minimum Gasteiger partial charge on any atom is -0.302 e. The average Bonchev–Trinajstić information content (AvgIpc) is 2.04. The molecule has 1 heterocycles. The number of hydrogen-bond donors (Lipinski definition) is 1. The van der Waals surface area contributed by atoms with Crippen molar-refractivity contribution in [3.8, 4) is 0 Å². The van der Waals surface area contributed by atoms with Crippen LogP contribution in [0.15, 0.2) is 0 Å². The highest BCUT2D eigenvalue weighted by molar-refractivity contribution is 7.80. The lowest BCUT2D eigenvalue weighted by molar-refractivity contribution is -0.141. The topological polar surface area (TPSA) is 49.4 Å². The Balaban J connectivity index is 2.87. The second-order valence-electron chi connectivity index (χ2n) is 2.84. The monoisotopic (exact) mass is 200 g/mol. The van der Waals surface area contributed by atoms with Crippen LogP contribution >= 0.6 is 12.2 Å². The first-order valence-electron chi connectivity index (χ1n) is 4.28. The van der Waals surface area contributed by atoms with E-state index in [0.717, 1.165) is 0 Å². The Kier molecular flexibility index (Phi) is 2.98. The SMILES string of the molecule is CCC1C(=O)NC(=S)N(CC)C1=O. The molecule has 5 heteroatoms. The molecule has 1 aliphatic rings. The van der Waals surface area contributed by atoms with Crippen LogP contribution in [-0.4, -0.2) is 28.4 Å². The fourth-order valence-electron chi connectivity index (χ4n) is 1.32. The van der Waals surface area contributed by atoms with Gasteiger partial charge in [0.25, 0.3) is 0 Å². The molecule has 13 heavy (non-hydrogen) atoms. The minimum absolute atomic E-state index is 0.182. The molecule has 0 radical (unpaired) electrons. The largest absolute Gasteiger partial charge is 0.302 e. The maximum absolute atomic E-state index is 11.6. The highest BCUT2D eigenvalue weighted by Crippen LogP contribution is 2.13. The van der Waals surface area contributed by atoms with Crippen LogP contribution in [0.25, 0.3) is 0 Å². The van der Waals surface area contributed by atoms with E-state index in [1.54, 1.807) is 0 Å². The summed E-state index contributed by atoms with van der Waals surface area (Å²) in [4.78, 5) is 24.3. The van der Waals surface area contributed by atoms with Crippen molar-refractivity contribution in [2.45, 2.75) is 20.3 Å². The smallest absolute Gasteiger partial charge is 0.241 e. The summed E-state index contributed by atoms with van der Waals surface area (Å²) < 4.78 is 0. The molecular formula is C8H12N2O2S. The summed E-state index contributed by atoms with van der Waals surface area (Å²) in [5, 5.41) is 2.73. The molecule has 1 N–H and O–H groups in total. The highest BCUT2D eigenvalue weighted by Gasteiger charge is 2.35. The predicted octanol–water partition coefficient (Wildman–Crippen LogP) is 0.276. The summed E-state index contributed by atoms with van der Waals surface area (Å²) in [6, 6.07) is 0. The molecule has 0 aromatic heterocycles. The van der Waals surface area contributed by atoms with Gasteiger partial charge < -0.3 is 5.32 Å². The van der Waals surface area contributed by atoms with Crippen molar-refractivity contribution in [3.63, 3.8) is 0 Å². The quantitative estimate of drug-likeness (QED) is 0.514. The van der Waals surface area contributed by atoms with E-state index in [0.29, 0.717) is 13.0 Å². The Hall–Kier alpha value is -0.970. The van der Waals surface area contributed by atoms with E-state index in [2.05, 4.69) is 5.32 Å². The Bertz CT molecular complexity index is 241. The van der Waals surface area contributed by atoms with E-state index >= 15 is 0 Å². The molecule has 0 aromatic rings. The van der Waals surface area contributed by atoms with Crippen LogP contribution in [0.3, 0.4) is 0 Å². The van der Waals surface area contributed by atoms with Crippen molar-refractivity contribution in [2.24, 2.45) is 5.92 Å². The number of carbonyl (C=O) groups is 2. The molecule has 1 atom stereocenters. The van der Waals surface area contributed by atoms with Crippen molar-refractivity contribution in [1.29, 1.82) is 0 Å². The standard InChI is InChI=1S/C8H12N2O2S/c1-3-5-6(11)9-8(13)10(4-2)7(5)12/h5H,3-4H2,1-2H3,(H,9,11,13). The first-order chi connectivity index (χ1) is 6.11. The van der Waals surface area contributed by atoms with Crippen LogP contribution in [0.4, 0.5) is 0 Å². The van der Waals surface area contributed by atoms with Crippen molar-refractivity contribution >= 4 is 29.1 Å². The first kappa shape index (κ1) is 10.1. The van der Waals surface area contributed by atoms with Gasteiger partial charge in [0.1, 0.15) is 5.92 Å². The fraction of sp³-hybridized carbons (Fsp3) is 0.625. The van der Waals surface area contributed by atoms with Gasteiger partial charge in [-0.25, -0.2) is 0 Å². The molecule has 1 saturated heterocycles. The summed E-state index contributed by atoms with van der Waals surface area (Å²) >= 11 is 4.85. The average molecular weight is 200 g/mol. The zero-order valence-corrected chi connectivity index (χ0v) is 8.48. The van der Waals surface area contributed by atoms with Crippen LogP contribution in [0.5, 0.6) is 0 Å². The van der Waals surface area contributed by atoms with Crippen LogP contribution < -0.4 is 5.32 Å². The number of rotatable bonds is 2. The van der Waals surface area contributed by atoms with Gasteiger partial charge >= 0.3 is 0 Å². The molecule has 2 amide bonds. The summed E-state index contributed by atoms with van der Waals surface area (Å²) in [6.45, 7) is 4.15. The summed E-state index contributed by atoms with van der Waals surface area (Å²) in [7, 11) is 0. The Morgan fingerprint density at radius 3 is 2.54 bits per heavy atom. The van der Waals surface area contributed by atoms with Gasteiger partial charge in [-0.3, -0.25) is 14.5 Å². The predicted molar refractivity (Wildman–Crippen MR) is 51.9 cm³/mol. The van der Waals surface area contributed by atoms with E-state index in [-0.39, 0.29) is 16.9 Å². The van der Waals surface area contributed by atoms with Crippen LogP contribution in [0, 0.1) is 5.92 Å². The molecule has 0 saturated carbocycles. The third kappa shape index (κ3) is 1.70. The van der Waals surface area contributed by atoms with E-state index < -0.39 is 5.92 Å². The van der Waals surface area contributed by atoms with Gasteiger partial charge in [0.15, 0.2) is 5.11 Å². The van der Waals surface area contributed by atoms with Gasteiger partial charge in [0.2, 0.25) is 11.8 Å². The van der Waals surface area contributed by atoms with Gasteiger partial charge in [-0.1, -0.05) is 6.92 Å². The fourth-order valence-corrected chi connectivity index (χ4v) is 1.64. The number of hydrogen-bond acceptors (Lipinski definition) is 3. The maximum Gasteiger partial charge on any atom is 0.241 e. The molecule has 4 nitrogen and oxygen atoms in total. The second-order valence-corrected chi connectivity index (χ2v) is 3.22. The second kappa shape index (κ2) is 3.83. The van der Waals surface area contributed by atoms with Gasteiger partial charge in [0, 0.05) is 6.54 Å². The van der Waals surface area contributed by atoms with E-state index in [9.17, 15) is 9.59 Å². The molecule has 1 fully saturated rings. The van der Waals surface area contributed by atoms with Crippen LogP contribution in [0.1, 0.15) is 20.3 Å². The Morgan fingerprint density at radius 1 is 1.46 bits per heavy atom. The molecule has 0 aromatic carbocycles. The lowest BCUT2D eigenvalue weighted by Gasteiger charge is -2.30. The van der Waals surface area contributed by atoms with Crippen molar-refractivity contribution in [3.05, 3.63) is 0 Å². The zero-order valence-electron chi connectivity index (χ0n) is 7.66. The number of thiocarbonyl (C=S) groups is 1. The maximum atomic E-state index is 11.6. The zero-order chi connectivity index (χ0) is 10.0. The molecular weight excluding hydrogens is 188 g/mol. The third-order valence-corrected chi connectivity index (χ3v) is 2.40. The number of nitrogens with one attached hydrogen (secondary N) is 1. The molecule has 0 spiro atoms. The molecule has 0 bridgehead atoms. The lowest BCUT2D eigenvalue weighted by atomic mass is 10.0. The normalized spacial score (nSPS) is 23.4. The van der Waals surface area contributed by atoms with Crippen molar-refractivity contribution in [1.82, 2.24) is 10.2 Å². The molecule has 1 aliphatic heterocycles. The number of carbonyl (C=O) groups excluding carboxylic acids is 2. The first-order valence-corrected chi connectivity index (χ1v) is 4.68. The van der Waals surface area contributed by atoms with Gasteiger partial charge in [-0.2, -0.15) is 0 Å².